The molecule has 0 atom stereocenters. The molecule has 2 amide bonds. The Morgan fingerprint density at radius 2 is 1.89 bits per heavy atom. The highest BCUT2D eigenvalue weighted by Gasteiger charge is 2.10. The van der Waals surface area contributed by atoms with Crippen LogP contribution in [0.25, 0.3) is 0 Å². The van der Waals surface area contributed by atoms with Crippen LogP contribution in [0.15, 0.2) is 18.2 Å². The van der Waals surface area contributed by atoms with Gasteiger partial charge in [-0.15, -0.1) is 0 Å². The second-order valence-electron chi connectivity index (χ2n) is 4.35. The van der Waals surface area contributed by atoms with Crippen molar-refractivity contribution in [3.05, 3.63) is 34.9 Å². The minimum Gasteiger partial charge on any atom is -0.355 e. The first-order valence-electron chi connectivity index (χ1n) is 6.16. The lowest BCUT2D eigenvalue weighted by Crippen LogP contribution is -2.37. The van der Waals surface area contributed by atoms with Crippen LogP contribution in [-0.4, -0.2) is 24.9 Å². The molecule has 1 aromatic carbocycles. The van der Waals surface area contributed by atoms with Gasteiger partial charge in [-0.3, -0.25) is 9.59 Å². The van der Waals surface area contributed by atoms with Gasteiger partial charge in [0.1, 0.15) is 0 Å². The predicted octanol–water partition coefficient (Wildman–Crippen LogP) is 1.56. The monoisotopic (exact) mass is 248 g/mol. The molecule has 4 heteroatoms. The molecule has 1 aromatic rings. The summed E-state index contributed by atoms with van der Waals surface area (Å²) in [6.45, 7) is 6.45. The number of hydrogen-bond acceptors (Lipinski definition) is 2. The van der Waals surface area contributed by atoms with Crippen LogP contribution in [0.2, 0.25) is 0 Å². The van der Waals surface area contributed by atoms with Crippen molar-refractivity contribution in [1.29, 1.82) is 0 Å². The Bertz CT molecular complexity index is 441. The van der Waals surface area contributed by atoms with Crippen molar-refractivity contribution in [2.45, 2.75) is 27.2 Å². The predicted molar refractivity (Wildman–Crippen MR) is 71.5 cm³/mol. The van der Waals surface area contributed by atoms with Crippen molar-refractivity contribution in [2.75, 3.05) is 13.1 Å². The summed E-state index contributed by atoms with van der Waals surface area (Å²) < 4.78 is 0. The highest BCUT2D eigenvalue weighted by molar-refractivity contribution is 5.97. The number of aryl methyl sites for hydroxylation is 2. The Morgan fingerprint density at radius 3 is 2.56 bits per heavy atom. The molecule has 0 aromatic heterocycles. The van der Waals surface area contributed by atoms with Crippen LogP contribution >= 0.6 is 0 Å². The molecule has 0 bridgehead atoms. The van der Waals surface area contributed by atoms with E-state index < -0.39 is 0 Å². The summed E-state index contributed by atoms with van der Waals surface area (Å²) >= 11 is 0. The quantitative estimate of drug-likeness (QED) is 0.830. The van der Waals surface area contributed by atoms with Crippen molar-refractivity contribution in [1.82, 2.24) is 10.6 Å². The van der Waals surface area contributed by atoms with Crippen LogP contribution in [0.4, 0.5) is 0 Å². The van der Waals surface area contributed by atoms with E-state index in [-0.39, 0.29) is 18.4 Å². The van der Waals surface area contributed by atoms with Gasteiger partial charge in [-0.25, -0.2) is 0 Å². The highest BCUT2D eigenvalue weighted by Crippen LogP contribution is 2.10. The zero-order valence-corrected chi connectivity index (χ0v) is 11.2. The number of nitrogens with one attached hydrogen (secondary N) is 2. The summed E-state index contributed by atoms with van der Waals surface area (Å²) in [4.78, 5) is 23.3. The number of carbonyl (C=O) groups is 2. The molecule has 0 aliphatic rings. The number of hydrogen-bond donors (Lipinski definition) is 2. The van der Waals surface area contributed by atoms with E-state index in [9.17, 15) is 9.59 Å². The van der Waals surface area contributed by atoms with E-state index in [1.807, 2.05) is 39.0 Å². The fourth-order valence-corrected chi connectivity index (χ4v) is 1.56. The third-order valence-electron chi connectivity index (χ3n) is 2.62. The molecule has 0 unspecified atom stereocenters. The number of benzene rings is 1. The van der Waals surface area contributed by atoms with Gasteiger partial charge in [-0.1, -0.05) is 24.6 Å². The molecule has 0 fully saturated rings. The van der Waals surface area contributed by atoms with E-state index in [2.05, 4.69) is 10.6 Å². The smallest absolute Gasteiger partial charge is 0.251 e. The second-order valence-corrected chi connectivity index (χ2v) is 4.35. The van der Waals surface area contributed by atoms with Gasteiger partial charge in [-0.2, -0.15) is 0 Å². The molecule has 0 spiro atoms. The fourth-order valence-electron chi connectivity index (χ4n) is 1.56. The van der Waals surface area contributed by atoms with E-state index in [0.29, 0.717) is 12.1 Å². The first kappa shape index (κ1) is 14.2. The van der Waals surface area contributed by atoms with Crippen LogP contribution in [0, 0.1) is 13.8 Å². The maximum atomic E-state index is 11.9. The van der Waals surface area contributed by atoms with E-state index >= 15 is 0 Å². The van der Waals surface area contributed by atoms with E-state index in [4.69, 9.17) is 0 Å². The van der Waals surface area contributed by atoms with Crippen molar-refractivity contribution in [3.63, 3.8) is 0 Å². The number of rotatable bonds is 5. The summed E-state index contributed by atoms with van der Waals surface area (Å²) in [5.74, 6) is -0.363. The number of carbonyl (C=O) groups excluding carboxylic acids is 2. The van der Waals surface area contributed by atoms with Crippen molar-refractivity contribution in [2.24, 2.45) is 0 Å². The molecule has 18 heavy (non-hydrogen) atoms. The van der Waals surface area contributed by atoms with Gasteiger partial charge >= 0.3 is 0 Å². The van der Waals surface area contributed by atoms with Gasteiger partial charge in [0.05, 0.1) is 6.54 Å². The van der Waals surface area contributed by atoms with Gasteiger partial charge in [0, 0.05) is 12.1 Å². The summed E-state index contributed by atoms with van der Waals surface area (Å²) in [6, 6.07) is 5.69. The van der Waals surface area contributed by atoms with Crippen molar-refractivity contribution in [3.8, 4) is 0 Å². The zero-order chi connectivity index (χ0) is 13.5. The first-order chi connectivity index (χ1) is 8.54. The largest absolute Gasteiger partial charge is 0.355 e. The second kappa shape index (κ2) is 6.79. The van der Waals surface area contributed by atoms with Gasteiger partial charge in [0.15, 0.2) is 0 Å². The van der Waals surface area contributed by atoms with E-state index in [1.165, 1.54) is 0 Å². The van der Waals surface area contributed by atoms with E-state index in [0.717, 1.165) is 17.5 Å². The average molecular weight is 248 g/mol. The lowest BCUT2D eigenvalue weighted by Gasteiger charge is -2.08. The number of amides is 2. The Labute approximate surface area is 108 Å². The van der Waals surface area contributed by atoms with Crippen molar-refractivity contribution < 1.29 is 9.59 Å². The molecular weight excluding hydrogens is 228 g/mol. The maximum Gasteiger partial charge on any atom is 0.251 e. The molecule has 0 aliphatic carbocycles. The zero-order valence-electron chi connectivity index (χ0n) is 11.2. The summed E-state index contributed by atoms with van der Waals surface area (Å²) in [6.07, 6.45) is 0.886. The molecule has 0 radical (unpaired) electrons. The molecule has 1 rings (SSSR count). The Hall–Kier alpha value is -1.84. The van der Waals surface area contributed by atoms with Gasteiger partial charge in [-0.05, 0) is 31.9 Å². The Morgan fingerprint density at radius 1 is 1.17 bits per heavy atom. The van der Waals surface area contributed by atoms with Gasteiger partial charge in [0.25, 0.3) is 5.91 Å². The minimum atomic E-state index is -0.206. The third-order valence-corrected chi connectivity index (χ3v) is 2.62. The third kappa shape index (κ3) is 4.20. The summed E-state index contributed by atoms with van der Waals surface area (Å²) in [5, 5.41) is 5.34. The van der Waals surface area contributed by atoms with Crippen LogP contribution in [-0.2, 0) is 4.79 Å². The van der Waals surface area contributed by atoms with Gasteiger partial charge in [0.2, 0.25) is 5.91 Å². The molecule has 4 nitrogen and oxygen atoms in total. The van der Waals surface area contributed by atoms with Gasteiger partial charge < -0.3 is 10.6 Å². The lowest BCUT2D eigenvalue weighted by atomic mass is 10.1. The SMILES string of the molecule is CCCNC(=O)CNC(=O)c1cc(C)ccc1C. The fraction of sp³-hybridized carbons (Fsp3) is 0.429. The average Bonchev–Trinajstić information content (AvgIpc) is 2.36. The molecule has 0 heterocycles. The maximum absolute atomic E-state index is 11.9. The van der Waals surface area contributed by atoms with Crippen LogP contribution in [0.3, 0.4) is 0 Å². The Kier molecular flexibility index (Phi) is 5.36. The lowest BCUT2D eigenvalue weighted by molar-refractivity contribution is -0.120. The molecule has 98 valence electrons. The standard InChI is InChI=1S/C14H20N2O2/c1-4-7-15-13(17)9-16-14(18)12-8-10(2)5-6-11(12)3/h5-6,8H,4,7,9H2,1-3H3,(H,15,17)(H,16,18). The van der Waals surface area contributed by atoms with E-state index in [1.54, 1.807) is 0 Å². The topological polar surface area (TPSA) is 58.2 Å². The van der Waals surface area contributed by atoms with Crippen LogP contribution < -0.4 is 10.6 Å². The normalized spacial score (nSPS) is 9.94. The summed E-state index contributed by atoms with van der Waals surface area (Å²) in [5.41, 5.74) is 2.56. The molecule has 0 saturated carbocycles. The Balaban J connectivity index is 2.55. The minimum absolute atomic E-state index is 0.0201. The van der Waals surface area contributed by atoms with Crippen LogP contribution in [0.1, 0.15) is 34.8 Å². The van der Waals surface area contributed by atoms with Crippen LogP contribution in [0.5, 0.6) is 0 Å². The molecular formula is C14H20N2O2. The first-order valence-corrected chi connectivity index (χ1v) is 6.16. The highest BCUT2D eigenvalue weighted by atomic mass is 16.2. The summed E-state index contributed by atoms with van der Waals surface area (Å²) in [7, 11) is 0. The molecule has 0 saturated heterocycles. The molecule has 2 N–H and O–H groups in total. The molecule has 0 aliphatic heterocycles. The van der Waals surface area contributed by atoms with Crippen molar-refractivity contribution >= 4 is 11.8 Å².